The van der Waals surface area contributed by atoms with E-state index >= 15 is 0 Å². The normalized spacial score (nSPS) is 18.3. The predicted octanol–water partition coefficient (Wildman–Crippen LogP) is 4.36. The van der Waals surface area contributed by atoms with E-state index in [0.717, 1.165) is 0 Å². The number of nitriles is 1. The van der Waals surface area contributed by atoms with Crippen LogP contribution in [-0.4, -0.2) is 15.5 Å². The number of nitrogens with zero attached hydrogens (tertiary/aromatic N) is 2. The molecule has 2 N–H and O–H groups in total. The first-order valence-corrected chi connectivity index (χ1v) is 12.1. The predicted molar refractivity (Wildman–Crippen MR) is 129 cm³/mol. The lowest BCUT2D eigenvalue weighted by atomic mass is 9.88. The Labute approximate surface area is 202 Å². The molecule has 0 aromatic heterocycles. The smallest absolute Gasteiger partial charge is 0.265 e. The van der Waals surface area contributed by atoms with Gasteiger partial charge in [-0.05, 0) is 47.5 Å². The van der Waals surface area contributed by atoms with E-state index in [1.165, 1.54) is 35.7 Å². The topological polar surface area (TPSA) is 106 Å². The molecule has 2 aliphatic rings. The molecule has 7 nitrogen and oxygen atoms in total. The maximum Gasteiger partial charge on any atom is 0.265 e. The summed E-state index contributed by atoms with van der Waals surface area (Å²) in [6, 6.07) is 21.4. The minimum atomic E-state index is -4.22. The number of methoxy groups -OCH3 is 1. The van der Waals surface area contributed by atoms with E-state index in [4.69, 9.17) is 15.2 Å². The molecule has 0 bridgehead atoms. The molecule has 0 fully saturated rings. The molecule has 0 saturated carbocycles. The molecule has 176 valence electrons. The number of para-hydroxylation sites is 1. The molecule has 0 saturated heterocycles. The number of nitrogens with two attached hydrogens (primary N) is 1. The van der Waals surface area contributed by atoms with Crippen LogP contribution < -0.4 is 14.8 Å². The van der Waals surface area contributed by atoms with Crippen molar-refractivity contribution in [3.8, 4) is 11.8 Å². The first-order valence-electron chi connectivity index (χ1n) is 10.7. The zero-order chi connectivity index (χ0) is 24.7. The van der Waals surface area contributed by atoms with Crippen LogP contribution in [0.25, 0.3) is 5.76 Å². The lowest BCUT2D eigenvalue weighted by molar-refractivity contribution is 0.357. The molecular formula is C26H20FN3O4S. The molecule has 35 heavy (non-hydrogen) atoms. The maximum absolute atomic E-state index is 14.2. The van der Waals surface area contributed by atoms with Crippen molar-refractivity contribution in [2.75, 3.05) is 11.4 Å². The second-order valence-corrected chi connectivity index (χ2v) is 9.88. The summed E-state index contributed by atoms with van der Waals surface area (Å²) >= 11 is 0. The summed E-state index contributed by atoms with van der Waals surface area (Å²) in [5.41, 5.74) is 8.09. The fourth-order valence-corrected chi connectivity index (χ4v) is 6.32. The van der Waals surface area contributed by atoms with Crippen LogP contribution in [0.1, 0.15) is 22.6 Å². The van der Waals surface area contributed by atoms with Crippen LogP contribution in [0.4, 0.5) is 10.1 Å². The number of halogens is 1. The van der Waals surface area contributed by atoms with E-state index in [1.807, 2.05) is 6.07 Å². The Balaban J connectivity index is 1.74. The highest BCUT2D eigenvalue weighted by Gasteiger charge is 2.47. The van der Waals surface area contributed by atoms with Gasteiger partial charge in [-0.3, -0.25) is 4.31 Å². The van der Waals surface area contributed by atoms with Crippen LogP contribution in [0, 0.1) is 17.1 Å². The van der Waals surface area contributed by atoms with Gasteiger partial charge in [-0.25, -0.2) is 12.8 Å². The molecular weight excluding hydrogens is 469 g/mol. The zero-order valence-electron chi connectivity index (χ0n) is 18.6. The zero-order valence-corrected chi connectivity index (χ0v) is 19.4. The number of fused-ring (bicyclic) bond motifs is 2. The van der Waals surface area contributed by atoms with Gasteiger partial charge in [0, 0.05) is 5.56 Å². The molecule has 2 aliphatic heterocycles. The van der Waals surface area contributed by atoms with Crippen molar-refractivity contribution in [3.05, 3.63) is 112 Å². The summed E-state index contributed by atoms with van der Waals surface area (Å²) in [5.74, 6) is -1.07. The van der Waals surface area contributed by atoms with Gasteiger partial charge in [-0.2, -0.15) is 5.26 Å². The Bertz CT molecular complexity index is 1540. The summed E-state index contributed by atoms with van der Waals surface area (Å²) in [6.07, 6.45) is 0. The van der Waals surface area contributed by atoms with Crippen LogP contribution >= 0.6 is 0 Å². The van der Waals surface area contributed by atoms with E-state index in [1.54, 1.807) is 48.5 Å². The van der Waals surface area contributed by atoms with Gasteiger partial charge < -0.3 is 15.2 Å². The van der Waals surface area contributed by atoms with Crippen LogP contribution in [0.15, 0.2) is 89.2 Å². The number of hydrogen-bond donors (Lipinski definition) is 1. The molecule has 0 spiro atoms. The fraction of sp³-hybridized carbons (Fsp3) is 0.115. The van der Waals surface area contributed by atoms with E-state index in [-0.39, 0.29) is 28.7 Å². The molecule has 0 radical (unpaired) electrons. The van der Waals surface area contributed by atoms with Gasteiger partial charge in [0.05, 0.1) is 25.3 Å². The number of hydrogen-bond acceptors (Lipinski definition) is 6. The number of rotatable bonds is 4. The largest absolute Gasteiger partial charge is 0.497 e. The second-order valence-electron chi connectivity index (χ2n) is 8.05. The third kappa shape index (κ3) is 3.68. The summed E-state index contributed by atoms with van der Waals surface area (Å²) < 4.78 is 54.4. The van der Waals surface area contributed by atoms with Gasteiger partial charge in [0.15, 0.2) is 5.76 Å². The average molecular weight is 490 g/mol. The van der Waals surface area contributed by atoms with Crippen LogP contribution in [0.2, 0.25) is 0 Å². The van der Waals surface area contributed by atoms with E-state index in [9.17, 15) is 18.1 Å². The Morgan fingerprint density at radius 1 is 1.11 bits per heavy atom. The van der Waals surface area contributed by atoms with Crippen molar-refractivity contribution in [2.24, 2.45) is 5.73 Å². The van der Waals surface area contributed by atoms with E-state index < -0.39 is 21.8 Å². The summed E-state index contributed by atoms with van der Waals surface area (Å²) in [5, 5.41) is 9.88. The number of ether oxygens (including phenoxy) is 2. The third-order valence-corrected chi connectivity index (χ3v) is 7.90. The molecule has 2 heterocycles. The standard InChI is InChI=1S/C26H20FN3O4S/c1-33-19-6-4-5-16(13-19)15-30-22-8-3-2-7-20(22)24-25(35(30,31)32)23(21(14-28)26(29)34-24)17-9-11-18(27)12-10-17/h2-13,23H,15,29H2,1H3/t23-/m1/s1. The average Bonchev–Trinajstić information content (AvgIpc) is 2.86. The highest BCUT2D eigenvalue weighted by molar-refractivity contribution is 7.96. The number of anilines is 1. The van der Waals surface area contributed by atoms with Crippen molar-refractivity contribution < 1.29 is 22.3 Å². The lowest BCUT2D eigenvalue weighted by Gasteiger charge is -2.38. The molecule has 0 unspecified atom stereocenters. The summed E-state index contributed by atoms with van der Waals surface area (Å²) in [4.78, 5) is -0.114. The van der Waals surface area contributed by atoms with Crippen LogP contribution in [0.5, 0.6) is 5.75 Å². The van der Waals surface area contributed by atoms with Gasteiger partial charge in [0.2, 0.25) is 5.88 Å². The van der Waals surface area contributed by atoms with Gasteiger partial charge in [0.25, 0.3) is 10.0 Å². The fourth-order valence-electron chi connectivity index (χ4n) is 4.40. The van der Waals surface area contributed by atoms with Crippen LogP contribution in [0.3, 0.4) is 0 Å². The third-order valence-electron chi connectivity index (χ3n) is 6.02. The second kappa shape index (κ2) is 8.49. The number of benzene rings is 3. The molecule has 9 heteroatoms. The maximum atomic E-state index is 14.2. The molecule has 5 rings (SSSR count). The van der Waals surface area contributed by atoms with Gasteiger partial charge in [-0.15, -0.1) is 0 Å². The molecule has 0 aliphatic carbocycles. The highest BCUT2D eigenvalue weighted by Crippen LogP contribution is 2.51. The van der Waals surface area contributed by atoms with Gasteiger partial charge in [0.1, 0.15) is 28.1 Å². The van der Waals surface area contributed by atoms with Gasteiger partial charge in [-0.1, -0.05) is 36.4 Å². The van der Waals surface area contributed by atoms with Crippen molar-refractivity contribution in [1.82, 2.24) is 0 Å². The first kappa shape index (κ1) is 22.5. The monoisotopic (exact) mass is 489 g/mol. The Morgan fingerprint density at radius 2 is 1.86 bits per heavy atom. The summed E-state index contributed by atoms with van der Waals surface area (Å²) in [7, 11) is -2.68. The molecule has 0 amide bonds. The molecule has 3 aromatic carbocycles. The Hall–Kier alpha value is -4.29. The van der Waals surface area contributed by atoms with Crippen LogP contribution in [-0.2, 0) is 21.3 Å². The van der Waals surface area contributed by atoms with Crippen molar-refractivity contribution in [3.63, 3.8) is 0 Å². The minimum Gasteiger partial charge on any atom is -0.497 e. The van der Waals surface area contributed by atoms with E-state index in [0.29, 0.717) is 28.1 Å². The van der Waals surface area contributed by atoms with Crippen molar-refractivity contribution in [2.45, 2.75) is 12.5 Å². The molecule has 1 atom stereocenters. The number of allylic oxidation sites excluding steroid dienone is 2. The van der Waals surface area contributed by atoms with Crippen molar-refractivity contribution in [1.29, 1.82) is 5.26 Å². The van der Waals surface area contributed by atoms with Crippen molar-refractivity contribution >= 4 is 21.5 Å². The quantitative estimate of drug-likeness (QED) is 0.584. The molecule has 3 aromatic rings. The van der Waals surface area contributed by atoms with Gasteiger partial charge >= 0.3 is 0 Å². The van der Waals surface area contributed by atoms with E-state index in [2.05, 4.69) is 0 Å². The summed E-state index contributed by atoms with van der Waals surface area (Å²) in [6.45, 7) is 0.0184. The lowest BCUT2D eigenvalue weighted by Crippen LogP contribution is -2.39. The SMILES string of the molecule is COc1cccc(CN2c3ccccc3C3=C([C@H](c4ccc(F)cc4)C(C#N)=C(N)O3)S2(=O)=O)c1. The Morgan fingerprint density at radius 3 is 2.57 bits per heavy atom. The number of sulfonamides is 1. The minimum absolute atomic E-state index is 0.0184. The first-order chi connectivity index (χ1) is 16.8. The Kier molecular flexibility index (Phi) is 5.46. The highest BCUT2D eigenvalue weighted by atomic mass is 32.2.